The van der Waals surface area contributed by atoms with Gasteiger partial charge in [0.15, 0.2) is 0 Å². The molecule has 0 rings (SSSR count). The Morgan fingerprint density at radius 1 is 1.18 bits per heavy atom. The molecule has 68 valence electrons. The molecule has 0 amide bonds. The Morgan fingerprint density at radius 3 is 1.73 bits per heavy atom. The Morgan fingerprint density at radius 2 is 1.55 bits per heavy atom. The second-order valence-electron chi connectivity index (χ2n) is 2.24. The van der Waals surface area contributed by atoms with E-state index in [4.69, 9.17) is 11.5 Å². The van der Waals surface area contributed by atoms with Crippen LogP contribution in [0.3, 0.4) is 0 Å². The van der Waals surface area contributed by atoms with Gasteiger partial charge in [-0.15, -0.1) is 0 Å². The van der Waals surface area contributed by atoms with E-state index in [0.29, 0.717) is 26.2 Å². The highest BCUT2D eigenvalue weighted by molar-refractivity contribution is 7.88. The van der Waals surface area contributed by atoms with E-state index in [1.807, 2.05) is 0 Å². The molecule has 0 saturated carbocycles. The van der Waals surface area contributed by atoms with E-state index in [-0.39, 0.29) is 0 Å². The van der Waals surface area contributed by atoms with Gasteiger partial charge in [-0.05, 0) is 0 Å². The molecule has 0 aliphatic rings. The number of sulfonamides is 1. The van der Waals surface area contributed by atoms with Crippen LogP contribution < -0.4 is 11.5 Å². The molecule has 0 aromatic rings. The first-order chi connectivity index (χ1) is 5.02. The molecule has 11 heavy (non-hydrogen) atoms. The van der Waals surface area contributed by atoms with Crippen molar-refractivity contribution in [1.29, 1.82) is 0 Å². The van der Waals surface area contributed by atoms with Crippen molar-refractivity contribution in [3.8, 4) is 0 Å². The molecule has 0 radical (unpaired) electrons. The van der Waals surface area contributed by atoms with Crippen LogP contribution in [0.25, 0.3) is 0 Å². The minimum atomic E-state index is -3.12. The summed E-state index contributed by atoms with van der Waals surface area (Å²) in [7, 11) is -3.12. The van der Waals surface area contributed by atoms with E-state index >= 15 is 0 Å². The summed E-state index contributed by atoms with van der Waals surface area (Å²) < 4.78 is 23.1. The third kappa shape index (κ3) is 4.31. The summed E-state index contributed by atoms with van der Waals surface area (Å²) >= 11 is 0. The van der Waals surface area contributed by atoms with Crippen LogP contribution in [0.15, 0.2) is 0 Å². The van der Waals surface area contributed by atoms with Crippen LogP contribution in [0, 0.1) is 0 Å². The Balaban J connectivity index is 4.11. The molecular formula is C5H15N3O2S. The maximum atomic E-state index is 10.9. The molecule has 0 aliphatic carbocycles. The monoisotopic (exact) mass is 181 g/mol. The fourth-order valence-electron chi connectivity index (χ4n) is 0.731. The third-order valence-electron chi connectivity index (χ3n) is 1.23. The van der Waals surface area contributed by atoms with Gasteiger partial charge in [0, 0.05) is 26.2 Å². The first-order valence-corrected chi connectivity index (χ1v) is 5.22. The van der Waals surface area contributed by atoms with Crippen molar-refractivity contribution in [2.75, 3.05) is 32.4 Å². The molecule has 0 aromatic heterocycles. The summed E-state index contributed by atoms with van der Waals surface area (Å²) in [6.45, 7) is 1.34. The Hall–Kier alpha value is -0.170. The predicted octanol–water partition coefficient (Wildman–Crippen LogP) is -1.83. The highest BCUT2D eigenvalue weighted by atomic mass is 32.2. The van der Waals surface area contributed by atoms with Gasteiger partial charge in [-0.3, -0.25) is 0 Å². The number of nitrogens with two attached hydrogens (primary N) is 2. The second-order valence-corrected chi connectivity index (χ2v) is 4.22. The zero-order valence-electron chi connectivity index (χ0n) is 6.66. The molecule has 0 spiro atoms. The molecule has 0 atom stereocenters. The van der Waals surface area contributed by atoms with Gasteiger partial charge in [-0.1, -0.05) is 0 Å². The van der Waals surface area contributed by atoms with Gasteiger partial charge in [-0.2, -0.15) is 4.31 Å². The van der Waals surface area contributed by atoms with Gasteiger partial charge < -0.3 is 11.5 Å². The van der Waals surface area contributed by atoms with Crippen molar-refractivity contribution in [3.05, 3.63) is 0 Å². The SMILES string of the molecule is CS(=O)(=O)N(CCN)CCN. The maximum Gasteiger partial charge on any atom is 0.211 e. The molecule has 0 unspecified atom stereocenters. The maximum absolute atomic E-state index is 10.9. The normalized spacial score (nSPS) is 12.4. The van der Waals surface area contributed by atoms with E-state index in [1.54, 1.807) is 0 Å². The van der Waals surface area contributed by atoms with E-state index in [2.05, 4.69) is 0 Å². The molecule has 0 aliphatic heterocycles. The molecule has 0 bridgehead atoms. The summed E-state index contributed by atoms with van der Waals surface area (Å²) in [6.07, 6.45) is 1.15. The van der Waals surface area contributed by atoms with Gasteiger partial charge in [-0.25, -0.2) is 8.42 Å². The highest BCUT2D eigenvalue weighted by Gasteiger charge is 2.13. The fourth-order valence-corrected chi connectivity index (χ4v) is 1.61. The van der Waals surface area contributed by atoms with Crippen LogP contribution in [0.5, 0.6) is 0 Å². The summed E-state index contributed by atoms with van der Waals surface area (Å²) in [5.74, 6) is 0. The number of nitrogens with zero attached hydrogens (tertiary/aromatic N) is 1. The second kappa shape index (κ2) is 4.66. The third-order valence-corrected chi connectivity index (χ3v) is 2.53. The number of rotatable bonds is 5. The first-order valence-electron chi connectivity index (χ1n) is 3.37. The van der Waals surface area contributed by atoms with Crippen molar-refractivity contribution in [3.63, 3.8) is 0 Å². The fraction of sp³-hybridized carbons (Fsp3) is 1.00. The Kier molecular flexibility index (Phi) is 4.58. The van der Waals surface area contributed by atoms with Crippen molar-refractivity contribution in [1.82, 2.24) is 4.31 Å². The average molecular weight is 181 g/mol. The lowest BCUT2D eigenvalue weighted by atomic mass is 10.6. The zero-order chi connectivity index (χ0) is 8.91. The van der Waals surface area contributed by atoms with Gasteiger partial charge >= 0.3 is 0 Å². The summed E-state index contributed by atoms with van der Waals surface area (Å²) in [5.41, 5.74) is 10.4. The Labute approximate surface area is 67.4 Å². The van der Waals surface area contributed by atoms with Gasteiger partial charge in [0.1, 0.15) is 0 Å². The molecule has 5 nitrogen and oxygen atoms in total. The van der Waals surface area contributed by atoms with Crippen molar-refractivity contribution in [2.24, 2.45) is 11.5 Å². The smallest absolute Gasteiger partial charge is 0.211 e. The minimum absolute atomic E-state index is 0.326. The summed E-state index contributed by atoms with van der Waals surface area (Å²) in [6, 6.07) is 0. The van der Waals surface area contributed by atoms with E-state index in [1.165, 1.54) is 4.31 Å². The van der Waals surface area contributed by atoms with E-state index in [0.717, 1.165) is 6.26 Å². The predicted molar refractivity (Wildman–Crippen MR) is 44.5 cm³/mol. The number of hydrogen-bond donors (Lipinski definition) is 2. The lowest BCUT2D eigenvalue weighted by Gasteiger charge is -2.17. The van der Waals surface area contributed by atoms with Crippen molar-refractivity contribution < 1.29 is 8.42 Å². The van der Waals surface area contributed by atoms with Gasteiger partial charge in [0.05, 0.1) is 6.26 Å². The standard InChI is InChI=1S/C5H15N3O2S/c1-11(9,10)8(4-2-6)5-3-7/h2-7H2,1H3. The van der Waals surface area contributed by atoms with Crippen molar-refractivity contribution >= 4 is 10.0 Å². The summed E-state index contributed by atoms with van der Waals surface area (Å²) in [5, 5.41) is 0. The molecule has 6 heteroatoms. The van der Waals surface area contributed by atoms with Crippen LogP contribution in [0.1, 0.15) is 0 Å². The van der Waals surface area contributed by atoms with Crippen molar-refractivity contribution in [2.45, 2.75) is 0 Å². The molecule has 0 fully saturated rings. The van der Waals surface area contributed by atoms with Crippen LogP contribution in [0.4, 0.5) is 0 Å². The number of hydrogen-bond acceptors (Lipinski definition) is 4. The van der Waals surface area contributed by atoms with Crippen LogP contribution in [-0.2, 0) is 10.0 Å². The molecule has 0 saturated heterocycles. The van der Waals surface area contributed by atoms with Crippen LogP contribution >= 0.6 is 0 Å². The first kappa shape index (κ1) is 10.8. The minimum Gasteiger partial charge on any atom is -0.329 e. The van der Waals surface area contributed by atoms with Crippen LogP contribution in [-0.4, -0.2) is 45.2 Å². The topological polar surface area (TPSA) is 89.4 Å². The highest BCUT2D eigenvalue weighted by Crippen LogP contribution is 1.93. The van der Waals surface area contributed by atoms with Crippen LogP contribution in [0.2, 0.25) is 0 Å². The lowest BCUT2D eigenvalue weighted by molar-refractivity contribution is 0.430. The lowest BCUT2D eigenvalue weighted by Crippen LogP contribution is -2.37. The van der Waals surface area contributed by atoms with E-state index < -0.39 is 10.0 Å². The summed E-state index contributed by atoms with van der Waals surface area (Å²) in [4.78, 5) is 0. The molecule has 4 N–H and O–H groups in total. The average Bonchev–Trinajstić information content (AvgIpc) is 1.85. The van der Waals surface area contributed by atoms with Gasteiger partial charge in [0.25, 0.3) is 0 Å². The zero-order valence-corrected chi connectivity index (χ0v) is 7.47. The largest absolute Gasteiger partial charge is 0.329 e. The molecule has 0 aromatic carbocycles. The van der Waals surface area contributed by atoms with Gasteiger partial charge in [0.2, 0.25) is 10.0 Å². The Bertz CT molecular complexity index is 184. The molecule has 0 heterocycles. The quantitative estimate of drug-likeness (QED) is 0.522. The van der Waals surface area contributed by atoms with E-state index in [9.17, 15) is 8.42 Å². The molecular weight excluding hydrogens is 166 g/mol.